The lowest BCUT2D eigenvalue weighted by Gasteiger charge is -2.14. The molecule has 0 atom stereocenters. The number of hydrogen-bond acceptors (Lipinski definition) is 3. The van der Waals surface area contributed by atoms with E-state index in [-0.39, 0.29) is 5.41 Å². The van der Waals surface area contributed by atoms with E-state index in [9.17, 15) is 0 Å². The van der Waals surface area contributed by atoms with Crippen molar-refractivity contribution < 1.29 is 0 Å². The summed E-state index contributed by atoms with van der Waals surface area (Å²) in [6.07, 6.45) is 3.93. The molecule has 1 aliphatic rings. The second-order valence-electron chi connectivity index (χ2n) is 4.37. The third-order valence-corrected chi connectivity index (χ3v) is 3.89. The van der Waals surface area contributed by atoms with Crippen molar-refractivity contribution in [3.05, 3.63) is 52.4 Å². The number of anilines is 1. The Morgan fingerprint density at radius 1 is 1.18 bits per heavy atom. The number of nitrogen functional groups attached to an aromatic ring is 1. The zero-order chi connectivity index (χ0) is 11.9. The molecule has 0 bridgehead atoms. The van der Waals surface area contributed by atoms with Crippen LogP contribution < -0.4 is 5.73 Å². The Kier molecular flexibility index (Phi) is 2.40. The van der Waals surface area contributed by atoms with Crippen LogP contribution >= 0.6 is 15.9 Å². The normalized spacial score (nSPS) is 16.8. The maximum Gasteiger partial charge on any atom is 0.141 e. The molecule has 1 aromatic carbocycles. The average molecular weight is 290 g/mol. The minimum absolute atomic E-state index is 0.00389. The molecule has 86 valence electrons. The number of nitrogens with zero attached hydrogens (tertiary/aromatic N) is 2. The van der Waals surface area contributed by atoms with E-state index in [1.807, 2.05) is 6.07 Å². The van der Waals surface area contributed by atoms with E-state index >= 15 is 0 Å². The summed E-state index contributed by atoms with van der Waals surface area (Å²) in [7, 11) is 0. The van der Waals surface area contributed by atoms with E-state index in [0.717, 1.165) is 23.1 Å². The standard InChI is InChI=1S/C13H12BrN3/c14-10-8-16-12(17-11(10)15)13(6-7-13)9-4-2-1-3-5-9/h1-5,8H,6-7H2,(H2,15,16,17). The molecule has 1 aromatic heterocycles. The van der Waals surface area contributed by atoms with Gasteiger partial charge in [0, 0.05) is 6.20 Å². The van der Waals surface area contributed by atoms with Gasteiger partial charge >= 0.3 is 0 Å². The Balaban J connectivity index is 2.07. The highest BCUT2D eigenvalue weighted by atomic mass is 79.9. The summed E-state index contributed by atoms with van der Waals surface area (Å²) in [5.41, 5.74) is 7.10. The topological polar surface area (TPSA) is 51.8 Å². The lowest BCUT2D eigenvalue weighted by atomic mass is 9.95. The minimum Gasteiger partial charge on any atom is -0.383 e. The molecule has 1 heterocycles. The van der Waals surface area contributed by atoms with Crippen LogP contribution in [0.25, 0.3) is 0 Å². The van der Waals surface area contributed by atoms with Crippen molar-refractivity contribution in [1.82, 2.24) is 9.97 Å². The Morgan fingerprint density at radius 3 is 2.47 bits per heavy atom. The van der Waals surface area contributed by atoms with E-state index in [1.165, 1.54) is 5.56 Å². The summed E-state index contributed by atoms with van der Waals surface area (Å²) < 4.78 is 0.755. The van der Waals surface area contributed by atoms with E-state index in [0.29, 0.717) is 5.82 Å². The van der Waals surface area contributed by atoms with Gasteiger partial charge in [-0.15, -0.1) is 0 Å². The van der Waals surface area contributed by atoms with Gasteiger partial charge in [-0.3, -0.25) is 0 Å². The molecular formula is C13H12BrN3. The Labute approximate surface area is 108 Å². The van der Waals surface area contributed by atoms with E-state index in [2.05, 4.69) is 50.2 Å². The zero-order valence-corrected chi connectivity index (χ0v) is 10.8. The zero-order valence-electron chi connectivity index (χ0n) is 9.23. The van der Waals surface area contributed by atoms with Crippen molar-refractivity contribution in [2.45, 2.75) is 18.3 Å². The van der Waals surface area contributed by atoms with Crippen LogP contribution in [0.1, 0.15) is 24.2 Å². The van der Waals surface area contributed by atoms with Crippen molar-refractivity contribution in [3.8, 4) is 0 Å². The van der Waals surface area contributed by atoms with Crippen LogP contribution in [0.15, 0.2) is 41.0 Å². The SMILES string of the molecule is Nc1nc(C2(c3ccccc3)CC2)ncc1Br. The number of hydrogen-bond donors (Lipinski definition) is 1. The molecule has 1 fully saturated rings. The quantitative estimate of drug-likeness (QED) is 0.925. The second kappa shape index (κ2) is 3.81. The highest BCUT2D eigenvalue weighted by Crippen LogP contribution is 2.52. The Morgan fingerprint density at radius 2 is 1.88 bits per heavy atom. The molecule has 0 unspecified atom stereocenters. The highest BCUT2D eigenvalue weighted by molar-refractivity contribution is 9.10. The molecule has 0 radical (unpaired) electrons. The van der Waals surface area contributed by atoms with Crippen molar-refractivity contribution in [1.29, 1.82) is 0 Å². The van der Waals surface area contributed by atoms with Crippen LogP contribution in [0.5, 0.6) is 0 Å². The van der Waals surface area contributed by atoms with Gasteiger partial charge in [-0.2, -0.15) is 0 Å². The van der Waals surface area contributed by atoms with Gasteiger partial charge in [0.05, 0.1) is 9.89 Å². The average Bonchev–Trinajstić information content (AvgIpc) is 3.15. The summed E-state index contributed by atoms with van der Waals surface area (Å²) in [4.78, 5) is 8.81. The van der Waals surface area contributed by atoms with Gasteiger partial charge in [-0.05, 0) is 34.3 Å². The molecule has 0 spiro atoms. The molecule has 1 saturated carbocycles. The van der Waals surface area contributed by atoms with Crippen LogP contribution in [0.4, 0.5) is 5.82 Å². The van der Waals surface area contributed by atoms with Gasteiger partial charge in [0.15, 0.2) is 0 Å². The monoisotopic (exact) mass is 289 g/mol. The largest absolute Gasteiger partial charge is 0.383 e. The molecule has 3 rings (SSSR count). The molecule has 4 heteroatoms. The number of aromatic nitrogens is 2. The summed E-state index contributed by atoms with van der Waals surface area (Å²) in [5.74, 6) is 1.35. The fourth-order valence-corrected chi connectivity index (χ4v) is 2.33. The maximum atomic E-state index is 5.83. The van der Waals surface area contributed by atoms with Crippen molar-refractivity contribution in [3.63, 3.8) is 0 Å². The predicted octanol–water partition coefficient (Wildman–Crippen LogP) is 2.90. The second-order valence-corrected chi connectivity index (χ2v) is 5.23. The van der Waals surface area contributed by atoms with Gasteiger partial charge in [-0.25, -0.2) is 9.97 Å². The fourth-order valence-electron chi connectivity index (χ4n) is 2.13. The van der Waals surface area contributed by atoms with Gasteiger partial charge < -0.3 is 5.73 Å². The minimum atomic E-state index is -0.00389. The molecule has 1 aliphatic carbocycles. The van der Waals surface area contributed by atoms with Gasteiger partial charge in [-0.1, -0.05) is 30.3 Å². The molecule has 2 aromatic rings. The van der Waals surface area contributed by atoms with Gasteiger partial charge in [0.2, 0.25) is 0 Å². The first-order valence-electron chi connectivity index (χ1n) is 5.56. The third-order valence-electron chi connectivity index (χ3n) is 3.28. The van der Waals surface area contributed by atoms with Crippen molar-refractivity contribution in [2.75, 3.05) is 5.73 Å². The van der Waals surface area contributed by atoms with Crippen molar-refractivity contribution in [2.24, 2.45) is 0 Å². The summed E-state index contributed by atoms with van der Waals surface area (Å²) >= 11 is 3.32. The van der Waals surface area contributed by atoms with Crippen LogP contribution in [0.3, 0.4) is 0 Å². The first-order chi connectivity index (χ1) is 8.22. The van der Waals surface area contributed by atoms with Crippen molar-refractivity contribution >= 4 is 21.7 Å². The highest BCUT2D eigenvalue weighted by Gasteiger charge is 2.48. The Bertz CT molecular complexity index is 550. The van der Waals surface area contributed by atoms with E-state index in [4.69, 9.17) is 5.73 Å². The molecule has 17 heavy (non-hydrogen) atoms. The van der Waals surface area contributed by atoms with E-state index < -0.39 is 0 Å². The van der Waals surface area contributed by atoms with Crippen LogP contribution in [-0.2, 0) is 5.41 Å². The third kappa shape index (κ3) is 1.72. The van der Waals surface area contributed by atoms with Gasteiger partial charge in [0.25, 0.3) is 0 Å². The number of rotatable bonds is 2. The molecule has 0 aliphatic heterocycles. The molecule has 3 nitrogen and oxygen atoms in total. The summed E-state index contributed by atoms with van der Waals surface area (Å²) in [6.45, 7) is 0. The molecule has 0 amide bonds. The van der Waals surface area contributed by atoms with Crippen LogP contribution in [0.2, 0.25) is 0 Å². The Hall–Kier alpha value is -1.42. The lowest BCUT2D eigenvalue weighted by Crippen LogP contribution is -2.14. The maximum absolute atomic E-state index is 5.83. The molecule has 0 saturated heterocycles. The van der Waals surface area contributed by atoms with E-state index in [1.54, 1.807) is 6.20 Å². The fraction of sp³-hybridized carbons (Fsp3) is 0.231. The summed E-state index contributed by atoms with van der Waals surface area (Å²) in [6, 6.07) is 10.4. The smallest absolute Gasteiger partial charge is 0.141 e. The molecular weight excluding hydrogens is 278 g/mol. The lowest BCUT2D eigenvalue weighted by molar-refractivity contribution is 0.755. The number of benzene rings is 1. The first kappa shape index (κ1) is 10.7. The predicted molar refractivity (Wildman–Crippen MR) is 70.6 cm³/mol. The van der Waals surface area contributed by atoms with Gasteiger partial charge in [0.1, 0.15) is 11.6 Å². The first-order valence-corrected chi connectivity index (χ1v) is 6.36. The van der Waals surface area contributed by atoms with Crippen LogP contribution in [0, 0.1) is 0 Å². The number of halogens is 1. The number of nitrogens with two attached hydrogens (primary N) is 1. The molecule has 2 N–H and O–H groups in total. The van der Waals surface area contributed by atoms with Crippen LogP contribution in [-0.4, -0.2) is 9.97 Å². The summed E-state index contributed by atoms with van der Waals surface area (Å²) in [5, 5.41) is 0.